The van der Waals surface area contributed by atoms with Crippen LogP contribution in [0.2, 0.25) is 0 Å². The maximum atomic E-state index is 11.0. The van der Waals surface area contributed by atoms with Crippen LogP contribution in [0, 0.1) is 0 Å². The van der Waals surface area contributed by atoms with Gasteiger partial charge in [0.1, 0.15) is 5.76 Å². The number of carbonyl (C=O) groups is 2. The van der Waals surface area contributed by atoms with Gasteiger partial charge in [-0.05, 0) is 12.1 Å². The molecule has 0 fully saturated rings. The first kappa shape index (κ1) is 11.9. The molecule has 16 heavy (non-hydrogen) atoms. The molecule has 0 aliphatic carbocycles. The molecule has 0 atom stereocenters. The van der Waals surface area contributed by atoms with Gasteiger partial charge >= 0.3 is 12.2 Å². The summed E-state index contributed by atoms with van der Waals surface area (Å²) < 4.78 is 13.9. The molecule has 88 valence electrons. The first-order valence-corrected chi connectivity index (χ1v) is 4.39. The van der Waals surface area contributed by atoms with Gasteiger partial charge in [-0.15, -0.1) is 0 Å². The molecule has 1 rings (SSSR count). The van der Waals surface area contributed by atoms with Crippen LogP contribution in [0.1, 0.15) is 11.9 Å². The molecule has 0 aromatic carbocycles. The second-order valence-electron chi connectivity index (χ2n) is 2.72. The predicted molar refractivity (Wildman–Crippen MR) is 52.5 cm³/mol. The summed E-state index contributed by atoms with van der Waals surface area (Å²) in [7, 11) is 2.43. The fourth-order valence-electron chi connectivity index (χ4n) is 0.987. The minimum Gasteiger partial charge on any atom is -0.465 e. The van der Waals surface area contributed by atoms with Crippen LogP contribution in [0.4, 0.5) is 9.59 Å². The first-order chi connectivity index (χ1) is 7.67. The number of amides is 2. The number of hydrogen-bond donors (Lipinski definition) is 2. The van der Waals surface area contributed by atoms with Crippen molar-refractivity contribution < 1.29 is 23.5 Å². The lowest BCUT2D eigenvalue weighted by Crippen LogP contribution is -2.40. The van der Waals surface area contributed by atoms with Gasteiger partial charge in [0.25, 0.3) is 0 Å². The highest BCUT2D eigenvalue weighted by atomic mass is 16.5. The maximum Gasteiger partial charge on any atom is 0.408 e. The molecule has 0 aliphatic heterocycles. The summed E-state index contributed by atoms with van der Waals surface area (Å²) in [5.41, 5.74) is 0. The number of ether oxygens (including phenoxy) is 2. The number of carbonyl (C=O) groups excluding carboxylic acids is 2. The van der Waals surface area contributed by atoms with Gasteiger partial charge in [0.05, 0.1) is 20.5 Å². The average molecular weight is 228 g/mol. The Morgan fingerprint density at radius 2 is 1.81 bits per heavy atom. The molecule has 1 aromatic rings. The van der Waals surface area contributed by atoms with E-state index in [1.165, 1.54) is 20.5 Å². The van der Waals surface area contributed by atoms with Crippen molar-refractivity contribution in [2.45, 2.75) is 6.17 Å². The van der Waals surface area contributed by atoms with Gasteiger partial charge in [0, 0.05) is 0 Å². The van der Waals surface area contributed by atoms with Crippen LogP contribution in [0.25, 0.3) is 0 Å². The van der Waals surface area contributed by atoms with Crippen LogP contribution in [0.3, 0.4) is 0 Å². The quantitative estimate of drug-likeness (QED) is 0.753. The number of nitrogens with one attached hydrogen (secondary N) is 2. The smallest absolute Gasteiger partial charge is 0.408 e. The Labute approximate surface area is 91.7 Å². The molecule has 0 spiro atoms. The molecule has 0 saturated carbocycles. The van der Waals surface area contributed by atoms with Crippen molar-refractivity contribution in [3.05, 3.63) is 24.2 Å². The molecule has 0 aliphatic rings. The van der Waals surface area contributed by atoms with Gasteiger partial charge in [0.2, 0.25) is 0 Å². The largest absolute Gasteiger partial charge is 0.465 e. The van der Waals surface area contributed by atoms with E-state index in [2.05, 4.69) is 20.1 Å². The maximum absolute atomic E-state index is 11.0. The lowest BCUT2D eigenvalue weighted by atomic mass is 10.3. The zero-order chi connectivity index (χ0) is 12.0. The second kappa shape index (κ2) is 5.64. The molecule has 2 amide bonds. The van der Waals surface area contributed by atoms with Crippen molar-refractivity contribution in [2.75, 3.05) is 14.2 Å². The predicted octanol–water partition coefficient (Wildman–Crippen LogP) is 0.990. The number of hydrogen-bond acceptors (Lipinski definition) is 5. The molecule has 0 unspecified atom stereocenters. The Hall–Kier alpha value is -2.18. The number of rotatable bonds is 3. The standard InChI is InChI=1S/C9H12N2O5/c1-14-8(12)10-7(11-9(13)15-2)6-4-3-5-16-6/h3-5,7H,1-2H3,(H,10,12)(H,11,13). The van der Waals surface area contributed by atoms with E-state index >= 15 is 0 Å². The van der Waals surface area contributed by atoms with Crippen molar-refractivity contribution in [1.29, 1.82) is 0 Å². The summed E-state index contributed by atoms with van der Waals surface area (Å²) in [6.07, 6.45) is -0.814. The Balaban J connectivity index is 2.69. The molecular weight excluding hydrogens is 216 g/mol. The number of furan rings is 1. The highest BCUT2D eigenvalue weighted by Crippen LogP contribution is 2.10. The zero-order valence-corrected chi connectivity index (χ0v) is 8.85. The molecule has 7 nitrogen and oxygen atoms in total. The normalized spacial score (nSPS) is 9.69. The van der Waals surface area contributed by atoms with Gasteiger partial charge in [0.15, 0.2) is 6.17 Å². The van der Waals surface area contributed by atoms with E-state index in [1.54, 1.807) is 12.1 Å². The Morgan fingerprint density at radius 1 is 1.25 bits per heavy atom. The van der Waals surface area contributed by atoms with Crippen molar-refractivity contribution in [3.8, 4) is 0 Å². The topological polar surface area (TPSA) is 89.8 Å². The molecule has 0 saturated heterocycles. The SMILES string of the molecule is COC(=O)NC(NC(=O)OC)c1ccco1. The molecule has 2 N–H and O–H groups in total. The van der Waals surface area contributed by atoms with Crippen molar-refractivity contribution in [3.63, 3.8) is 0 Å². The number of methoxy groups -OCH3 is 2. The lowest BCUT2D eigenvalue weighted by molar-refractivity contribution is 0.149. The molecule has 1 heterocycles. The van der Waals surface area contributed by atoms with E-state index in [0.717, 1.165) is 0 Å². The van der Waals surface area contributed by atoms with Crippen LogP contribution in [-0.2, 0) is 9.47 Å². The van der Waals surface area contributed by atoms with Gasteiger partial charge < -0.3 is 13.9 Å². The molecule has 1 aromatic heterocycles. The summed E-state index contributed by atoms with van der Waals surface area (Å²) in [4.78, 5) is 22.0. The lowest BCUT2D eigenvalue weighted by Gasteiger charge is -2.16. The van der Waals surface area contributed by atoms with Crippen LogP contribution < -0.4 is 10.6 Å². The fourth-order valence-corrected chi connectivity index (χ4v) is 0.987. The summed E-state index contributed by atoms with van der Waals surface area (Å²) in [5.74, 6) is 0.357. The van der Waals surface area contributed by atoms with Gasteiger partial charge in [-0.2, -0.15) is 0 Å². The summed E-state index contributed by atoms with van der Waals surface area (Å²) in [6.45, 7) is 0. The number of alkyl carbamates (subject to hydrolysis) is 2. The van der Waals surface area contributed by atoms with Crippen molar-refractivity contribution in [1.82, 2.24) is 10.6 Å². The zero-order valence-electron chi connectivity index (χ0n) is 8.85. The monoisotopic (exact) mass is 228 g/mol. The third-order valence-corrected chi connectivity index (χ3v) is 1.72. The Kier molecular flexibility index (Phi) is 4.19. The molecule has 7 heteroatoms. The van der Waals surface area contributed by atoms with E-state index in [9.17, 15) is 9.59 Å². The van der Waals surface area contributed by atoms with Gasteiger partial charge in [-0.25, -0.2) is 9.59 Å². The van der Waals surface area contributed by atoms with E-state index in [0.29, 0.717) is 5.76 Å². The molecular formula is C9H12N2O5. The highest BCUT2D eigenvalue weighted by molar-refractivity contribution is 5.71. The van der Waals surface area contributed by atoms with Gasteiger partial charge in [-0.1, -0.05) is 0 Å². The van der Waals surface area contributed by atoms with E-state index < -0.39 is 18.4 Å². The average Bonchev–Trinajstić information content (AvgIpc) is 2.81. The molecule has 0 bridgehead atoms. The van der Waals surface area contributed by atoms with E-state index in [4.69, 9.17) is 4.42 Å². The minimum absolute atomic E-state index is 0.357. The van der Waals surface area contributed by atoms with Crippen molar-refractivity contribution in [2.24, 2.45) is 0 Å². The highest BCUT2D eigenvalue weighted by Gasteiger charge is 2.19. The summed E-state index contributed by atoms with van der Waals surface area (Å²) in [6, 6.07) is 3.22. The second-order valence-corrected chi connectivity index (χ2v) is 2.72. The van der Waals surface area contributed by atoms with E-state index in [1.807, 2.05) is 0 Å². The van der Waals surface area contributed by atoms with Crippen LogP contribution in [0.15, 0.2) is 22.8 Å². The van der Waals surface area contributed by atoms with Crippen LogP contribution in [-0.4, -0.2) is 26.4 Å². The van der Waals surface area contributed by atoms with Gasteiger partial charge in [-0.3, -0.25) is 10.6 Å². The summed E-state index contributed by atoms with van der Waals surface area (Å²) >= 11 is 0. The first-order valence-electron chi connectivity index (χ1n) is 4.39. The van der Waals surface area contributed by atoms with E-state index in [-0.39, 0.29) is 0 Å². The van der Waals surface area contributed by atoms with Crippen LogP contribution in [0.5, 0.6) is 0 Å². The van der Waals surface area contributed by atoms with Crippen molar-refractivity contribution >= 4 is 12.2 Å². The third kappa shape index (κ3) is 3.19. The fraction of sp³-hybridized carbons (Fsp3) is 0.333. The minimum atomic E-state index is -0.838. The molecule has 0 radical (unpaired) electrons. The van der Waals surface area contributed by atoms with Crippen LogP contribution >= 0.6 is 0 Å². The Bertz CT molecular complexity index is 331. The Morgan fingerprint density at radius 3 is 2.19 bits per heavy atom. The summed E-state index contributed by atoms with van der Waals surface area (Å²) in [5, 5.41) is 4.73. The third-order valence-electron chi connectivity index (χ3n) is 1.72.